The molecule has 1 saturated heterocycles. The monoisotopic (exact) mass is 200 g/mol. The van der Waals surface area contributed by atoms with Gasteiger partial charge < -0.3 is 15.7 Å². The first-order valence-corrected chi connectivity index (χ1v) is 4.00. The standard InChI is InChI=1S/C6H8N4O4/c11-5-3(10(13)14)4-7-1-2-9(4)6(12)8-5/h5,7,11H,1-2H2,(H,8,12). The maximum atomic E-state index is 11.2. The molecule has 2 amide bonds. The summed E-state index contributed by atoms with van der Waals surface area (Å²) in [6.07, 6.45) is -1.55. The zero-order valence-electron chi connectivity index (χ0n) is 7.06. The second-order valence-corrected chi connectivity index (χ2v) is 2.92. The lowest BCUT2D eigenvalue weighted by Crippen LogP contribution is -2.51. The van der Waals surface area contributed by atoms with Crippen LogP contribution >= 0.6 is 0 Å². The third-order valence-corrected chi connectivity index (χ3v) is 2.10. The van der Waals surface area contributed by atoms with Crippen LogP contribution in [0, 0.1) is 10.1 Å². The Balaban J connectivity index is 2.46. The maximum Gasteiger partial charge on any atom is 0.335 e. The highest BCUT2D eigenvalue weighted by molar-refractivity contribution is 5.78. The zero-order valence-corrected chi connectivity index (χ0v) is 7.06. The van der Waals surface area contributed by atoms with Crippen molar-refractivity contribution in [3.63, 3.8) is 0 Å². The lowest BCUT2D eigenvalue weighted by atomic mass is 10.3. The lowest BCUT2D eigenvalue weighted by molar-refractivity contribution is -0.440. The van der Waals surface area contributed by atoms with Crippen molar-refractivity contribution >= 4 is 6.03 Å². The van der Waals surface area contributed by atoms with E-state index in [-0.39, 0.29) is 5.82 Å². The minimum atomic E-state index is -1.55. The van der Waals surface area contributed by atoms with E-state index in [0.29, 0.717) is 13.1 Å². The molecule has 3 N–H and O–H groups in total. The fourth-order valence-electron chi connectivity index (χ4n) is 1.50. The number of nitrogens with zero attached hydrogens (tertiary/aromatic N) is 2. The second-order valence-electron chi connectivity index (χ2n) is 2.92. The highest BCUT2D eigenvalue weighted by atomic mass is 16.6. The van der Waals surface area contributed by atoms with Crippen LogP contribution < -0.4 is 10.6 Å². The van der Waals surface area contributed by atoms with Crippen LogP contribution in [0.2, 0.25) is 0 Å². The van der Waals surface area contributed by atoms with Gasteiger partial charge in [-0.25, -0.2) is 4.79 Å². The number of carbonyl (C=O) groups is 1. The Bertz CT molecular complexity index is 339. The minimum absolute atomic E-state index is 0.0891. The molecule has 0 aromatic rings. The van der Waals surface area contributed by atoms with E-state index in [9.17, 15) is 20.0 Å². The third-order valence-electron chi connectivity index (χ3n) is 2.10. The molecular formula is C6H8N4O4. The average molecular weight is 200 g/mol. The van der Waals surface area contributed by atoms with E-state index in [1.807, 2.05) is 0 Å². The highest BCUT2D eigenvalue weighted by Crippen LogP contribution is 2.19. The van der Waals surface area contributed by atoms with Crippen molar-refractivity contribution in [2.24, 2.45) is 0 Å². The van der Waals surface area contributed by atoms with Crippen LogP contribution in [0.3, 0.4) is 0 Å². The van der Waals surface area contributed by atoms with Gasteiger partial charge in [0.2, 0.25) is 6.23 Å². The molecule has 0 spiro atoms. The normalized spacial score (nSPS) is 25.6. The molecule has 1 fully saturated rings. The fourth-order valence-corrected chi connectivity index (χ4v) is 1.50. The molecule has 0 radical (unpaired) electrons. The third kappa shape index (κ3) is 1.08. The van der Waals surface area contributed by atoms with Crippen LogP contribution in [0.5, 0.6) is 0 Å². The summed E-state index contributed by atoms with van der Waals surface area (Å²) >= 11 is 0. The molecular weight excluding hydrogens is 192 g/mol. The summed E-state index contributed by atoms with van der Waals surface area (Å²) in [6, 6.07) is -0.525. The van der Waals surface area contributed by atoms with E-state index in [1.165, 1.54) is 4.90 Å². The zero-order chi connectivity index (χ0) is 10.3. The van der Waals surface area contributed by atoms with Crippen LogP contribution in [0.15, 0.2) is 11.5 Å². The largest absolute Gasteiger partial charge is 0.364 e. The van der Waals surface area contributed by atoms with Gasteiger partial charge in [-0.1, -0.05) is 0 Å². The molecule has 2 aliphatic heterocycles. The van der Waals surface area contributed by atoms with Crippen molar-refractivity contribution in [3.05, 3.63) is 21.6 Å². The summed E-state index contributed by atoms with van der Waals surface area (Å²) in [5.41, 5.74) is -0.415. The number of amides is 2. The van der Waals surface area contributed by atoms with E-state index in [0.717, 1.165) is 0 Å². The van der Waals surface area contributed by atoms with Gasteiger partial charge in [0.25, 0.3) is 0 Å². The highest BCUT2D eigenvalue weighted by Gasteiger charge is 2.41. The quantitative estimate of drug-likeness (QED) is 0.348. The van der Waals surface area contributed by atoms with Gasteiger partial charge in [-0.05, 0) is 0 Å². The number of nitrogens with one attached hydrogen (secondary N) is 2. The van der Waals surface area contributed by atoms with Gasteiger partial charge in [-0.15, -0.1) is 0 Å². The first-order chi connectivity index (χ1) is 6.61. The Kier molecular flexibility index (Phi) is 1.78. The molecule has 14 heavy (non-hydrogen) atoms. The van der Waals surface area contributed by atoms with E-state index < -0.39 is 22.9 Å². The predicted molar refractivity (Wildman–Crippen MR) is 43.3 cm³/mol. The number of fused-ring (bicyclic) bond motifs is 1. The summed E-state index contributed by atoms with van der Waals surface area (Å²) in [5.74, 6) is 0.0891. The van der Waals surface area contributed by atoms with E-state index >= 15 is 0 Å². The summed E-state index contributed by atoms with van der Waals surface area (Å²) < 4.78 is 0. The Morgan fingerprint density at radius 3 is 3.00 bits per heavy atom. The first kappa shape index (κ1) is 8.75. The SMILES string of the molecule is O=C1NC(O)C([N+](=O)[O-])=C2NCCN12. The minimum Gasteiger partial charge on any atom is -0.364 e. The van der Waals surface area contributed by atoms with Crippen molar-refractivity contribution in [2.45, 2.75) is 6.23 Å². The van der Waals surface area contributed by atoms with E-state index in [4.69, 9.17) is 0 Å². The van der Waals surface area contributed by atoms with Gasteiger partial charge in [-0.2, -0.15) is 0 Å². The van der Waals surface area contributed by atoms with Crippen molar-refractivity contribution in [3.8, 4) is 0 Å². The van der Waals surface area contributed by atoms with Crippen LogP contribution in [-0.2, 0) is 0 Å². The van der Waals surface area contributed by atoms with Crippen LogP contribution in [0.25, 0.3) is 0 Å². The molecule has 2 rings (SSSR count). The molecule has 0 saturated carbocycles. The molecule has 0 aromatic heterocycles. The second kappa shape index (κ2) is 2.84. The van der Waals surface area contributed by atoms with Crippen molar-refractivity contribution < 1.29 is 14.8 Å². The molecule has 0 aliphatic carbocycles. The van der Waals surface area contributed by atoms with Gasteiger partial charge in [0.1, 0.15) is 0 Å². The smallest absolute Gasteiger partial charge is 0.335 e. The molecule has 0 aromatic carbocycles. The first-order valence-electron chi connectivity index (χ1n) is 4.00. The Morgan fingerprint density at radius 2 is 2.36 bits per heavy atom. The molecule has 8 heteroatoms. The van der Waals surface area contributed by atoms with Crippen LogP contribution in [0.4, 0.5) is 4.79 Å². The number of urea groups is 1. The van der Waals surface area contributed by atoms with Crippen molar-refractivity contribution in [1.29, 1.82) is 0 Å². The molecule has 0 bridgehead atoms. The summed E-state index contributed by atoms with van der Waals surface area (Å²) in [6.45, 7) is 0.818. The van der Waals surface area contributed by atoms with Gasteiger partial charge in [0.15, 0.2) is 5.82 Å². The van der Waals surface area contributed by atoms with Crippen LogP contribution in [-0.4, -0.2) is 40.3 Å². The Labute approximate surface area is 78.3 Å². The molecule has 1 unspecified atom stereocenters. The predicted octanol–water partition coefficient (Wildman–Crippen LogP) is -1.62. The number of nitro groups is 1. The Morgan fingerprint density at radius 1 is 1.64 bits per heavy atom. The molecule has 2 heterocycles. The summed E-state index contributed by atoms with van der Waals surface area (Å²) in [5, 5.41) is 24.6. The number of hydrogen-bond donors (Lipinski definition) is 3. The number of carbonyl (C=O) groups excluding carboxylic acids is 1. The maximum absolute atomic E-state index is 11.2. The topological polar surface area (TPSA) is 108 Å². The lowest BCUT2D eigenvalue weighted by Gasteiger charge is -2.24. The van der Waals surface area contributed by atoms with Crippen molar-refractivity contribution in [2.75, 3.05) is 13.1 Å². The van der Waals surface area contributed by atoms with Crippen LogP contribution in [0.1, 0.15) is 0 Å². The molecule has 8 nitrogen and oxygen atoms in total. The molecule has 1 atom stereocenters. The number of aliphatic hydroxyl groups excluding tert-OH is 1. The van der Waals surface area contributed by atoms with E-state index in [1.54, 1.807) is 0 Å². The Hall–Kier alpha value is -1.83. The van der Waals surface area contributed by atoms with Gasteiger partial charge in [0.05, 0.1) is 4.92 Å². The number of hydrogen-bond acceptors (Lipinski definition) is 5. The van der Waals surface area contributed by atoms with Gasteiger partial charge in [0, 0.05) is 13.1 Å². The van der Waals surface area contributed by atoms with Crippen molar-refractivity contribution in [1.82, 2.24) is 15.5 Å². The van der Waals surface area contributed by atoms with E-state index in [2.05, 4.69) is 10.6 Å². The number of aliphatic hydroxyl groups is 1. The fraction of sp³-hybridized carbons (Fsp3) is 0.500. The summed E-state index contributed by atoms with van der Waals surface area (Å²) in [7, 11) is 0. The molecule has 76 valence electrons. The summed E-state index contributed by atoms with van der Waals surface area (Å²) in [4.78, 5) is 22.3. The number of rotatable bonds is 1. The van der Waals surface area contributed by atoms with Gasteiger partial charge >= 0.3 is 11.7 Å². The van der Waals surface area contributed by atoms with Gasteiger partial charge in [-0.3, -0.25) is 15.0 Å². The average Bonchev–Trinajstić information content (AvgIpc) is 2.51. The molecule has 2 aliphatic rings.